The van der Waals surface area contributed by atoms with Crippen LogP contribution >= 0.6 is 23.4 Å². The third-order valence-electron chi connectivity index (χ3n) is 7.45. The molecule has 3 aliphatic heterocycles. The van der Waals surface area contributed by atoms with Gasteiger partial charge in [0.05, 0.1) is 35.8 Å². The van der Waals surface area contributed by atoms with Crippen molar-refractivity contribution in [2.24, 2.45) is 23.7 Å². The lowest BCUT2D eigenvalue weighted by atomic mass is 9.66. The summed E-state index contributed by atoms with van der Waals surface area (Å²) in [7, 11) is 0. The SMILES string of the molecule is CCOC(=O)[C@@H]1[C@H]2C(=O)N([C@@H](CO)CC(C)C)C(C(=O)Nc3ccc(Cl)cc3)C23S[C@@H]1CC3C. The Bertz CT molecular complexity index is 957. The van der Waals surface area contributed by atoms with Crippen LogP contribution in [0.5, 0.6) is 0 Å². The van der Waals surface area contributed by atoms with E-state index in [1.54, 1.807) is 47.9 Å². The Balaban J connectivity index is 1.77. The second-order valence-electron chi connectivity index (χ2n) is 10.0. The van der Waals surface area contributed by atoms with Gasteiger partial charge in [-0.2, -0.15) is 0 Å². The minimum absolute atomic E-state index is 0.0477. The molecule has 2 amide bonds. The summed E-state index contributed by atoms with van der Waals surface area (Å²) in [4.78, 5) is 42.5. The molecule has 0 aliphatic carbocycles. The molecule has 4 rings (SSSR count). The van der Waals surface area contributed by atoms with Crippen LogP contribution in [0.4, 0.5) is 5.69 Å². The van der Waals surface area contributed by atoms with Crippen LogP contribution in [0.1, 0.15) is 40.5 Å². The van der Waals surface area contributed by atoms with E-state index in [2.05, 4.69) is 12.2 Å². The Kier molecular flexibility index (Phi) is 7.23. The number of nitrogens with zero attached hydrogens (tertiary/aromatic N) is 1. The minimum atomic E-state index is -0.805. The van der Waals surface area contributed by atoms with Gasteiger partial charge in [0.15, 0.2) is 0 Å². The molecule has 3 unspecified atom stereocenters. The summed E-state index contributed by atoms with van der Waals surface area (Å²) < 4.78 is 4.62. The quantitative estimate of drug-likeness (QED) is 0.521. The number of thioether (sulfide) groups is 1. The van der Waals surface area contributed by atoms with Gasteiger partial charge in [0, 0.05) is 16.0 Å². The van der Waals surface area contributed by atoms with Gasteiger partial charge in [0.1, 0.15) is 6.04 Å². The van der Waals surface area contributed by atoms with Crippen LogP contribution < -0.4 is 5.32 Å². The van der Waals surface area contributed by atoms with Crippen LogP contribution in [0.2, 0.25) is 5.02 Å². The molecule has 3 aliphatic rings. The number of rotatable bonds is 8. The minimum Gasteiger partial charge on any atom is -0.466 e. The van der Waals surface area contributed by atoms with Crippen molar-refractivity contribution in [1.29, 1.82) is 0 Å². The summed E-state index contributed by atoms with van der Waals surface area (Å²) in [6.07, 6.45) is 1.30. The van der Waals surface area contributed by atoms with Gasteiger partial charge < -0.3 is 20.1 Å². The summed E-state index contributed by atoms with van der Waals surface area (Å²) in [6, 6.07) is 5.52. The highest BCUT2D eigenvalue weighted by molar-refractivity contribution is 8.02. The van der Waals surface area contributed by atoms with Gasteiger partial charge in [0.25, 0.3) is 0 Å². The molecule has 3 heterocycles. The van der Waals surface area contributed by atoms with Gasteiger partial charge in [-0.05, 0) is 55.9 Å². The summed E-state index contributed by atoms with van der Waals surface area (Å²) in [6.45, 7) is 7.87. The number of benzene rings is 1. The van der Waals surface area contributed by atoms with Crippen LogP contribution in [0.25, 0.3) is 0 Å². The Labute approximate surface area is 209 Å². The molecule has 0 radical (unpaired) electrons. The molecule has 7 nitrogen and oxygen atoms in total. The molecule has 3 fully saturated rings. The van der Waals surface area contributed by atoms with E-state index >= 15 is 0 Å². The molecule has 34 heavy (non-hydrogen) atoms. The van der Waals surface area contributed by atoms with Crippen LogP contribution in [-0.2, 0) is 19.1 Å². The molecular weight excluding hydrogens is 476 g/mol. The third-order valence-corrected chi connectivity index (χ3v) is 9.78. The van der Waals surface area contributed by atoms with E-state index in [9.17, 15) is 19.5 Å². The number of fused-ring (bicyclic) bond motifs is 1. The summed E-state index contributed by atoms with van der Waals surface area (Å²) in [5, 5.41) is 13.8. The largest absolute Gasteiger partial charge is 0.466 e. The van der Waals surface area contributed by atoms with Crippen LogP contribution in [0.15, 0.2) is 24.3 Å². The van der Waals surface area contributed by atoms with E-state index in [0.717, 1.165) is 6.42 Å². The molecule has 9 heteroatoms. The number of hydrogen-bond acceptors (Lipinski definition) is 6. The van der Waals surface area contributed by atoms with Crippen molar-refractivity contribution < 1.29 is 24.2 Å². The number of aliphatic hydroxyl groups is 1. The van der Waals surface area contributed by atoms with E-state index in [1.165, 1.54) is 0 Å². The Morgan fingerprint density at radius 3 is 2.59 bits per heavy atom. The maximum Gasteiger partial charge on any atom is 0.310 e. The van der Waals surface area contributed by atoms with Crippen molar-refractivity contribution in [3.63, 3.8) is 0 Å². The number of amides is 2. The first-order chi connectivity index (χ1) is 16.1. The fraction of sp³-hybridized carbons (Fsp3) is 0.640. The van der Waals surface area contributed by atoms with Crippen molar-refractivity contribution in [2.45, 2.75) is 62.6 Å². The van der Waals surface area contributed by atoms with Crippen molar-refractivity contribution in [3.8, 4) is 0 Å². The number of nitrogens with one attached hydrogen (secondary N) is 1. The monoisotopic (exact) mass is 508 g/mol. The molecule has 186 valence electrons. The fourth-order valence-corrected chi connectivity index (χ4v) is 8.74. The average Bonchev–Trinajstić information content (AvgIpc) is 3.37. The van der Waals surface area contributed by atoms with Crippen molar-refractivity contribution in [3.05, 3.63) is 29.3 Å². The van der Waals surface area contributed by atoms with E-state index in [0.29, 0.717) is 17.1 Å². The van der Waals surface area contributed by atoms with E-state index in [1.807, 2.05) is 13.8 Å². The molecule has 1 spiro atoms. The smallest absolute Gasteiger partial charge is 0.310 e. The standard InChI is InChI=1S/C25H33ClN2O5S/c1-5-33-24(32)19-18-11-14(4)25(34-18)20(19)23(31)28(17(12-29)10-13(2)3)21(25)22(30)27-16-8-6-15(26)7-9-16/h6-9,13-14,17-21,29H,5,10-12H2,1-4H3,(H,27,30)/t14?,17-,18-,19+,20+,21?,25?/m1/s1. The average molecular weight is 509 g/mol. The second kappa shape index (κ2) is 9.70. The highest BCUT2D eigenvalue weighted by Crippen LogP contribution is 2.69. The molecule has 1 aromatic carbocycles. The van der Waals surface area contributed by atoms with Gasteiger partial charge in [-0.3, -0.25) is 14.4 Å². The molecule has 3 saturated heterocycles. The maximum atomic E-state index is 14.0. The number of esters is 1. The van der Waals surface area contributed by atoms with Crippen molar-refractivity contribution >= 4 is 46.8 Å². The second-order valence-corrected chi connectivity index (χ2v) is 12.0. The summed E-state index contributed by atoms with van der Waals surface area (Å²) >= 11 is 7.60. The predicted molar refractivity (Wildman–Crippen MR) is 133 cm³/mol. The van der Waals surface area contributed by atoms with Gasteiger partial charge in [-0.1, -0.05) is 32.4 Å². The number of halogens is 1. The lowest BCUT2D eigenvalue weighted by Gasteiger charge is -2.40. The highest BCUT2D eigenvalue weighted by atomic mass is 35.5. The zero-order valence-electron chi connectivity index (χ0n) is 20.0. The number of aliphatic hydroxyl groups excluding tert-OH is 1. The first-order valence-electron chi connectivity index (χ1n) is 12.0. The van der Waals surface area contributed by atoms with Crippen molar-refractivity contribution in [1.82, 2.24) is 4.90 Å². The lowest BCUT2D eigenvalue weighted by molar-refractivity contribution is -0.154. The van der Waals surface area contributed by atoms with Crippen molar-refractivity contribution in [2.75, 3.05) is 18.5 Å². The van der Waals surface area contributed by atoms with Gasteiger partial charge >= 0.3 is 5.97 Å². The van der Waals surface area contributed by atoms with Gasteiger partial charge in [-0.15, -0.1) is 11.8 Å². The zero-order chi connectivity index (χ0) is 24.8. The first-order valence-corrected chi connectivity index (χ1v) is 13.2. The normalized spacial score (nSPS) is 32.7. The number of carbonyl (C=O) groups excluding carboxylic acids is 3. The zero-order valence-corrected chi connectivity index (χ0v) is 21.6. The topological polar surface area (TPSA) is 95.9 Å². The summed E-state index contributed by atoms with van der Waals surface area (Å²) in [5.74, 6) is -1.86. The maximum absolute atomic E-state index is 14.0. The van der Waals surface area contributed by atoms with E-state index in [-0.39, 0.29) is 48.1 Å². The Morgan fingerprint density at radius 1 is 1.32 bits per heavy atom. The number of likely N-dealkylation sites (tertiary alicyclic amines) is 1. The number of anilines is 1. The van der Waals surface area contributed by atoms with Crippen LogP contribution in [-0.4, -0.2) is 63.1 Å². The molecule has 2 bridgehead atoms. The van der Waals surface area contributed by atoms with E-state index < -0.39 is 28.7 Å². The Hall–Kier alpha value is -1.77. The Morgan fingerprint density at radius 2 is 2.00 bits per heavy atom. The number of ether oxygens (including phenoxy) is 1. The molecule has 0 aromatic heterocycles. The highest BCUT2D eigenvalue weighted by Gasteiger charge is 2.76. The fourth-order valence-electron chi connectivity index (χ4n) is 6.22. The molecule has 1 aromatic rings. The third kappa shape index (κ3) is 4.01. The molecule has 0 saturated carbocycles. The van der Waals surface area contributed by atoms with Gasteiger partial charge in [0.2, 0.25) is 11.8 Å². The molecular formula is C25H33ClN2O5S. The predicted octanol–water partition coefficient (Wildman–Crippen LogP) is 3.59. The summed E-state index contributed by atoms with van der Waals surface area (Å²) in [5.41, 5.74) is 0.582. The number of hydrogen-bond donors (Lipinski definition) is 2. The van der Waals surface area contributed by atoms with Crippen LogP contribution in [0, 0.1) is 23.7 Å². The van der Waals surface area contributed by atoms with Crippen LogP contribution in [0.3, 0.4) is 0 Å². The van der Waals surface area contributed by atoms with Gasteiger partial charge in [-0.25, -0.2) is 0 Å². The molecule has 2 N–H and O–H groups in total. The first kappa shape index (κ1) is 25.3. The molecule has 7 atom stereocenters. The van der Waals surface area contributed by atoms with E-state index in [4.69, 9.17) is 16.3 Å². The lowest BCUT2D eigenvalue weighted by Crippen LogP contribution is -2.57. The number of carbonyl (C=O) groups is 3.